The molecule has 0 saturated heterocycles. The molecule has 1 atom stereocenters. The fourth-order valence-electron chi connectivity index (χ4n) is 1.49. The van der Waals surface area contributed by atoms with Crippen LogP contribution in [0.25, 0.3) is 0 Å². The van der Waals surface area contributed by atoms with E-state index >= 15 is 0 Å². The largest absolute Gasteiger partial charge is 0.480 e. The molecule has 1 amide bonds. The summed E-state index contributed by atoms with van der Waals surface area (Å²) < 4.78 is 9.26. The van der Waals surface area contributed by atoms with Crippen LogP contribution in [-0.4, -0.2) is 27.6 Å². The molecule has 2 N–H and O–H groups in total. The molecule has 6 nitrogen and oxygen atoms in total. The molecule has 0 bridgehead atoms. The number of hydrogen-bond donors (Lipinski definition) is 2. The highest BCUT2D eigenvalue weighted by molar-refractivity contribution is 7.05. The molecule has 0 fully saturated rings. The van der Waals surface area contributed by atoms with E-state index in [2.05, 4.69) is 9.69 Å². The maximum absolute atomic E-state index is 11.6. The summed E-state index contributed by atoms with van der Waals surface area (Å²) in [7, 11) is 0. The first-order valence-electron chi connectivity index (χ1n) is 6.42. The topological polar surface area (TPSA) is 88.5 Å². The Morgan fingerprint density at radius 3 is 2.50 bits per heavy atom. The third-order valence-electron chi connectivity index (χ3n) is 2.72. The van der Waals surface area contributed by atoms with Gasteiger partial charge in [-0.3, -0.25) is 0 Å². The number of carboxylic acids is 1. The minimum absolute atomic E-state index is 0.0979. The number of carbonyl (C=O) groups excluding carboxylic acids is 1. The molecule has 0 aromatic carbocycles. The van der Waals surface area contributed by atoms with Gasteiger partial charge in [0.1, 0.15) is 12.6 Å². The van der Waals surface area contributed by atoms with Crippen LogP contribution in [0.4, 0.5) is 4.79 Å². The fraction of sp³-hybridized carbons (Fsp3) is 0.615. The average molecular weight is 300 g/mol. The Bertz CT molecular complexity index is 471. The molecule has 0 saturated carbocycles. The minimum Gasteiger partial charge on any atom is -0.480 e. The zero-order valence-corrected chi connectivity index (χ0v) is 12.9. The molecule has 0 aliphatic heterocycles. The van der Waals surface area contributed by atoms with Crippen molar-refractivity contribution >= 4 is 23.6 Å². The molecule has 20 heavy (non-hydrogen) atoms. The second-order valence-corrected chi connectivity index (χ2v) is 6.04. The molecule has 1 aromatic heterocycles. The Balaban J connectivity index is 2.48. The smallest absolute Gasteiger partial charge is 0.408 e. The van der Waals surface area contributed by atoms with Gasteiger partial charge in [0.25, 0.3) is 0 Å². The van der Waals surface area contributed by atoms with Gasteiger partial charge in [0.15, 0.2) is 0 Å². The molecule has 0 spiro atoms. The van der Waals surface area contributed by atoms with Gasteiger partial charge >= 0.3 is 12.1 Å². The molecule has 1 rings (SSSR count). The number of aromatic nitrogens is 1. The van der Waals surface area contributed by atoms with Crippen LogP contribution < -0.4 is 5.32 Å². The summed E-state index contributed by atoms with van der Waals surface area (Å²) in [5.74, 6) is -0.959. The highest BCUT2D eigenvalue weighted by Crippen LogP contribution is 2.18. The molecule has 7 heteroatoms. The highest BCUT2D eigenvalue weighted by atomic mass is 32.1. The number of alkyl carbamates (subject to hydrolysis) is 1. The van der Waals surface area contributed by atoms with Crippen LogP contribution >= 0.6 is 11.5 Å². The predicted molar refractivity (Wildman–Crippen MR) is 75.8 cm³/mol. The van der Waals surface area contributed by atoms with Gasteiger partial charge in [-0.05, 0) is 29.4 Å². The number of rotatable bonds is 6. The molecule has 0 aliphatic carbocycles. The van der Waals surface area contributed by atoms with Gasteiger partial charge in [-0.15, -0.1) is 0 Å². The molecular weight excluding hydrogens is 280 g/mol. The van der Waals surface area contributed by atoms with E-state index in [4.69, 9.17) is 9.84 Å². The summed E-state index contributed by atoms with van der Waals surface area (Å²) in [6.45, 7) is 7.61. The molecule has 0 aliphatic rings. The lowest BCUT2D eigenvalue weighted by Gasteiger charge is -2.17. The van der Waals surface area contributed by atoms with Crippen LogP contribution in [0.2, 0.25) is 0 Å². The van der Waals surface area contributed by atoms with Gasteiger partial charge in [-0.2, -0.15) is 4.37 Å². The van der Waals surface area contributed by atoms with Crippen LogP contribution in [0, 0.1) is 5.92 Å². The number of carbonyl (C=O) groups is 2. The van der Waals surface area contributed by atoms with E-state index < -0.39 is 18.1 Å². The number of hydrogen-bond acceptors (Lipinski definition) is 5. The van der Waals surface area contributed by atoms with Crippen LogP contribution in [-0.2, 0) is 16.1 Å². The van der Waals surface area contributed by atoms with Gasteiger partial charge in [-0.25, -0.2) is 9.59 Å². The van der Waals surface area contributed by atoms with E-state index in [0.717, 1.165) is 10.6 Å². The van der Waals surface area contributed by atoms with E-state index in [9.17, 15) is 9.59 Å². The summed E-state index contributed by atoms with van der Waals surface area (Å²) in [4.78, 5) is 23.3. The van der Waals surface area contributed by atoms with Gasteiger partial charge in [0.2, 0.25) is 0 Å². The van der Waals surface area contributed by atoms with Crippen molar-refractivity contribution in [3.05, 3.63) is 16.6 Å². The summed E-state index contributed by atoms with van der Waals surface area (Å²) >= 11 is 1.28. The quantitative estimate of drug-likeness (QED) is 0.843. The molecule has 1 heterocycles. The zero-order chi connectivity index (χ0) is 15.3. The number of ether oxygens (including phenoxy) is 1. The van der Waals surface area contributed by atoms with Crippen molar-refractivity contribution in [2.75, 3.05) is 0 Å². The van der Waals surface area contributed by atoms with Crippen molar-refractivity contribution in [3.63, 3.8) is 0 Å². The maximum atomic E-state index is 11.6. The Labute approximate surface area is 122 Å². The Kier molecular flexibility index (Phi) is 5.94. The van der Waals surface area contributed by atoms with Gasteiger partial charge in [0, 0.05) is 0 Å². The number of nitrogens with one attached hydrogen (secondary N) is 1. The van der Waals surface area contributed by atoms with Crippen molar-refractivity contribution in [3.8, 4) is 0 Å². The first-order chi connectivity index (χ1) is 9.31. The molecule has 0 radical (unpaired) electrons. The minimum atomic E-state index is -1.07. The number of nitrogens with zero attached hydrogens (tertiary/aromatic N) is 1. The third-order valence-corrected chi connectivity index (χ3v) is 3.49. The SMILES string of the molecule is CC(C)c1cc(COC(=O)NC(C(=O)O)C(C)C)sn1. The van der Waals surface area contributed by atoms with E-state index in [1.807, 2.05) is 19.9 Å². The molecule has 1 unspecified atom stereocenters. The summed E-state index contributed by atoms with van der Waals surface area (Å²) in [5.41, 5.74) is 0.958. The van der Waals surface area contributed by atoms with Gasteiger partial charge in [-0.1, -0.05) is 27.7 Å². The van der Waals surface area contributed by atoms with Crippen molar-refractivity contribution in [1.82, 2.24) is 9.69 Å². The van der Waals surface area contributed by atoms with E-state index in [1.54, 1.807) is 13.8 Å². The third kappa shape index (κ3) is 4.80. The van der Waals surface area contributed by atoms with Crippen LogP contribution in [0.15, 0.2) is 6.07 Å². The van der Waals surface area contributed by atoms with Crippen molar-refractivity contribution in [1.29, 1.82) is 0 Å². The van der Waals surface area contributed by atoms with E-state index in [0.29, 0.717) is 5.92 Å². The Hall–Kier alpha value is -1.63. The first kappa shape index (κ1) is 16.4. The van der Waals surface area contributed by atoms with Crippen LogP contribution in [0.5, 0.6) is 0 Å². The standard InChI is InChI=1S/C13H20N2O4S/c1-7(2)10-5-9(20-15-10)6-19-13(18)14-11(8(3)4)12(16)17/h5,7-8,11H,6H2,1-4H3,(H,14,18)(H,16,17). The lowest BCUT2D eigenvalue weighted by molar-refractivity contribution is -0.140. The number of amides is 1. The molecule has 112 valence electrons. The summed E-state index contributed by atoms with van der Waals surface area (Å²) in [5, 5.41) is 11.3. The van der Waals surface area contributed by atoms with Gasteiger partial charge in [0.05, 0.1) is 10.6 Å². The lowest BCUT2D eigenvalue weighted by atomic mass is 10.1. The summed E-state index contributed by atoms with van der Waals surface area (Å²) in [6, 6.07) is 0.940. The average Bonchev–Trinajstić information content (AvgIpc) is 2.81. The monoisotopic (exact) mass is 300 g/mol. The lowest BCUT2D eigenvalue weighted by Crippen LogP contribution is -2.44. The highest BCUT2D eigenvalue weighted by Gasteiger charge is 2.24. The second-order valence-electron chi connectivity index (χ2n) is 5.15. The number of aliphatic carboxylic acids is 1. The number of carboxylic acid groups (broad SMARTS) is 1. The first-order valence-corrected chi connectivity index (χ1v) is 7.20. The van der Waals surface area contributed by atoms with Gasteiger partial charge < -0.3 is 15.2 Å². The Morgan fingerprint density at radius 2 is 2.05 bits per heavy atom. The van der Waals surface area contributed by atoms with Crippen molar-refractivity contribution in [2.24, 2.45) is 5.92 Å². The Morgan fingerprint density at radius 1 is 1.40 bits per heavy atom. The van der Waals surface area contributed by atoms with E-state index in [1.165, 1.54) is 11.5 Å². The zero-order valence-electron chi connectivity index (χ0n) is 12.0. The second kappa shape index (κ2) is 7.23. The summed E-state index contributed by atoms with van der Waals surface area (Å²) in [6.07, 6.45) is -0.731. The van der Waals surface area contributed by atoms with Crippen LogP contribution in [0.1, 0.15) is 44.2 Å². The van der Waals surface area contributed by atoms with Crippen molar-refractivity contribution < 1.29 is 19.4 Å². The predicted octanol–water partition coefficient (Wildman–Crippen LogP) is 2.60. The van der Waals surface area contributed by atoms with Crippen LogP contribution in [0.3, 0.4) is 0 Å². The van der Waals surface area contributed by atoms with Crippen molar-refractivity contribution in [2.45, 2.75) is 46.3 Å². The normalized spacial score (nSPS) is 12.5. The maximum Gasteiger partial charge on any atom is 0.408 e. The van der Waals surface area contributed by atoms with E-state index in [-0.39, 0.29) is 12.5 Å². The molecule has 1 aromatic rings. The fourth-order valence-corrected chi connectivity index (χ4v) is 2.26. The molecular formula is C13H20N2O4S.